The van der Waals surface area contributed by atoms with Crippen molar-refractivity contribution in [2.75, 3.05) is 12.3 Å². The summed E-state index contributed by atoms with van der Waals surface area (Å²) in [6.45, 7) is 1.70. The van der Waals surface area contributed by atoms with Gasteiger partial charge >= 0.3 is 0 Å². The summed E-state index contributed by atoms with van der Waals surface area (Å²) in [5.74, 6) is -0.452. The molecule has 0 unspecified atom stereocenters. The molecule has 9 heteroatoms. The van der Waals surface area contributed by atoms with Crippen molar-refractivity contribution in [3.63, 3.8) is 0 Å². The average molecular weight is 307 g/mol. The monoisotopic (exact) mass is 307 g/mol. The Morgan fingerprint density at radius 2 is 1.84 bits per heavy atom. The second kappa shape index (κ2) is 5.97. The summed E-state index contributed by atoms with van der Waals surface area (Å²) >= 11 is 0. The molecule has 0 fully saturated rings. The number of benzene rings is 1. The lowest BCUT2D eigenvalue weighted by atomic mass is 10.1. The molecule has 0 amide bonds. The third-order valence-corrected chi connectivity index (χ3v) is 4.84. The summed E-state index contributed by atoms with van der Waals surface area (Å²) < 4.78 is 47.6. The molecule has 0 heterocycles. The molecular formula is C10H17N3O4S2. The van der Waals surface area contributed by atoms with Crippen LogP contribution in [-0.2, 0) is 26.6 Å². The molecule has 0 aliphatic rings. The van der Waals surface area contributed by atoms with Crippen LogP contribution in [0.25, 0.3) is 0 Å². The fraction of sp³-hybridized carbons (Fsp3) is 0.400. The maximum Gasteiger partial charge on any atom is 0.240 e. The molecule has 1 aromatic rings. The van der Waals surface area contributed by atoms with Gasteiger partial charge in [-0.15, -0.1) is 0 Å². The Morgan fingerprint density at radius 3 is 2.32 bits per heavy atom. The largest absolute Gasteiger partial charge is 0.326 e. The van der Waals surface area contributed by atoms with Gasteiger partial charge in [0.05, 0.1) is 10.6 Å². The Balaban J connectivity index is 2.89. The fourth-order valence-corrected chi connectivity index (χ4v) is 3.31. The predicted octanol–water partition coefficient (Wildman–Crippen LogP) is -0.979. The van der Waals surface area contributed by atoms with Gasteiger partial charge in [0.25, 0.3) is 0 Å². The topological polar surface area (TPSA) is 132 Å². The van der Waals surface area contributed by atoms with Gasteiger partial charge in [0.15, 0.2) is 0 Å². The van der Waals surface area contributed by atoms with E-state index in [9.17, 15) is 16.8 Å². The molecule has 108 valence electrons. The van der Waals surface area contributed by atoms with Gasteiger partial charge in [0.1, 0.15) is 0 Å². The van der Waals surface area contributed by atoms with Crippen molar-refractivity contribution in [2.24, 2.45) is 10.9 Å². The van der Waals surface area contributed by atoms with E-state index < -0.39 is 25.8 Å². The number of sulfonamides is 2. The molecule has 1 aromatic carbocycles. The van der Waals surface area contributed by atoms with Crippen LogP contribution in [0, 0.1) is 6.92 Å². The zero-order valence-electron chi connectivity index (χ0n) is 10.5. The van der Waals surface area contributed by atoms with Gasteiger partial charge in [-0.3, -0.25) is 0 Å². The number of primary sulfonamides is 1. The Hall–Kier alpha value is -1.00. The summed E-state index contributed by atoms with van der Waals surface area (Å²) in [5.41, 5.74) is 6.83. The van der Waals surface area contributed by atoms with Crippen LogP contribution in [-0.4, -0.2) is 29.1 Å². The van der Waals surface area contributed by atoms with Gasteiger partial charge in [-0.2, -0.15) is 0 Å². The van der Waals surface area contributed by atoms with E-state index in [4.69, 9.17) is 10.9 Å². The lowest BCUT2D eigenvalue weighted by Crippen LogP contribution is -2.31. The van der Waals surface area contributed by atoms with Crippen molar-refractivity contribution >= 4 is 20.0 Å². The predicted molar refractivity (Wildman–Crippen MR) is 72.2 cm³/mol. The van der Waals surface area contributed by atoms with Crippen LogP contribution in [0.3, 0.4) is 0 Å². The maximum atomic E-state index is 12.0. The number of aryl methyl sites for hydroxylation is 1. The van der Waals surface area contributed by atoms with Crippen molar-refractivity contribution < 1.29 is 16.8 Å². The summed E-state index contributed by atoms with van der Waals surface area (Å²) in [4.78, 5) is 0.0964. The van der Waals surface area contributed by atoms with Gasteiger partial charge in [-0.05, 0) is 24.1 Å². The van der Waals surface area contributed by atoms with E-state index in [1.54, 1.807) is 19.1 Å². The third kappa shape index (κ3) is 4.88. The first-order valence-corrected chi connectivity index (χ1v) is 8.65. The molecule has 7 nitrogen and oxygen atoms in total. The fourth-order valence-electron chi connectivity index (χ4n) is 1.54. The molecule has 1 rings (SSSR count). The number of nitrogens with one attached hydrogen (secondary N) is 1. The molecule has 0 radical (unpaired) electrons. The Morgan fingerprint density at radius 1 is 1.21 bits per heavy atom. The minimum absolute atomic E-state index is 0.0964. The SMILES string of the molecule is Cc1cc(CN)ccc1S(=O)(=O)NCCS(N)(=O)=O. The highest BCUT2D eigenvalue weighted by molar-refractivity contribution is 7.90. The molecule has 0 atom stereocenters. The second-order valence-electron chi connectivity index (χ2n) is 4.07. The number of rotatable bonds is 6. The molecule has 0 saturated heterocycles. The molecule has 5 N–H and O–H groups in total. The summed E-state index contributed by atoms with van der Waals surface area (Å²) in [5, 5.41) is 4.79. The van der Waals surface area contributed by atoms with Gasteiger partial charge in [0.2, 0.25) is 20.0 Å². The maximum absolute atomic E-state index is 12.0. The van der Waals surface area contributed by atoms with Crippen LogP contribution in [0.1, 0.15) is 11.1 Å². The van der Waals surface area contributed by atoms with Crippen LogP contribution < -0.4 is 15.6 Å². The van der Waals surface area contributed by atoms with Crippen LogP contribution in [0.5, 0.6) is 0 Å². The molecule has 0 spiro atoms. The summed E-state index contributed by atoms with van der Waals surface area (Å²) in [6.07, 6.45) is 0. The minimum Gasteiger partial charge on any atom is -0.326 e. The highest BCUT2D eigenvalue weighted by atomic mass is 32.2. The minimum atomic E-state index is -3.75. The Labute approximate surface area is 113 Å². The van der Waals surface area contributed by atoms with Gasteiger partial charge in [0, 0.05) is 13.1 Å². The van der Waals surface area contributed by atoms with Crippen molar-refractivity contribution in [3.8, 4) is 0 Å². The van der Waals surface area contributed by atoms with Crippen LogP contribution >= 0.6 is 0 Å². The number of hydrogen-bond acceptors (Lipinski definition) is 5. The van der Waals surface area contributed by atoms with Crippen molar-refractivity contribution in [3.05, 3.63) is 29.3 Å². The highest BCUT2D eigenvalue weighted by Gasteiger charge is 2.17. The normalized spacial score (nSPS) is 12.6. The summed E-state index contributed by atoms with van der Waals surface area (Å²) in [6, 6.07) is 4.73. The van der Waals surface area contributed by atoms with Crippen LogP contribution in [0.15, 0.2) is 23.1 Å². The smallest absolute Gasteiger partial charge is 0.240 e. The highest BCUT2D eigenvalue weighted by Crippen LogP contribution is 2.16. The number of nitrogens with two attached hydrogens (primary N) is 2. The van der Waals surface area contributed by atoms with Gasteiger partial charge in [-0.1, -0.05) is 12.1 Å². The molecule has 19 heavy (non-hydrogen) atoms. The first-order chi connectivity index (χ1) is 8.65. The van der Waals surface area contributed by atoms with Gasteiger partial charge in [-0.25, -0.2) is 26.7 Å². The Bertz CT molecular complexity index is 653. The van der Waals surface area contributed by atoms with Crippen molar-refractivity contribution in [2.45, 2.75) is 18.4 Å². The van der Waals surface area contributed by atoms with E-state index in [1.807, 2.05) is 0 Å². The first kappa shape index (κ1) is 16.1. The van der Waals surface area contributed by atoms with Crippen LogP contribution in [0.4, 0.5) is 0 Å². The zero-order chi connectivity index (χ0) is 14.7. The van der Waals surface area contributed by atoms with Crippen molar-refractivity contribution in [1.82, 2.24) is 4.72 Å². The third-order valence-electron chi connectivity index (χ3n) is 2.44. The van der Waals surface area contributed by atoms with E-state index in [-0.39, 0.29) is 11.4 Å². The quantitative estimate of drug-likeness (QED) is 0.621. The molecule has 0 saturated carbocycles. The van der Waals surface area contributed by atoms with E-state index >= 15 is 0 Å². The van der Waals surface area contributed by atoms with E-state index in [2.05, 4.69) is 4.72 Å². The molecular weight excluding hydrogens is 290 g/mol. The standard InChI is InChI=1S/C10H17N3O4S2/c1-8-6-9(7-11)2-3-10(8)19(16,17)13-4-5-18(12,14)15/h2-3,6,13H,4-5,7,11H2,1H3,(H2,12,14,15). The van der Waals surface area contributed by atoms with E-state index in [1.165, 1.54) is 6.07 Å². The zero-order valence-corrected chi connectivity index (χ0v) is 12.1. The molecule has 0 aromatic heterocycles. The second-order valence-corrected chi connectivity index (χ2v) is 7.54. The van der Waals surface area contributed by atoms with Crippen LogP contribution in [0.2, 0.25) is 0 Å². The lowest BCUT2D eigenvalue weighted by Gasteiger charge is -2.10. The molecule has 0 bridgehead atoms. The molecule has 0 aliphatic carbocycles. The average Bonchev–Trinajstić information content (AvgIpc) is 2.26. The molecule has 0 aliphatic heterocycles. The first-order valence-electron chi connectivity index (χ1n) is 5.45. The summed E-state index contributed by atoms with van der Waals surface area (Å²) in [7, 11) is -7.44. The Kier molecular flexibility index (Phi) is 5.04. The lowest BCUT2D eigenvalue weighted by molar-refractivity contribution is 0.581. The van der Waals surface area contributed by atoms with Crippen molar-refractivity contribution in [1.29, 1.82) is 0 Å². The van der Waals surface area contributed by atoms with E-state index in [0.717, 1.165) is 5.56 Å². The van der Waals surface area contributed by atoms with E-state index in [0.29, 0.717) is 12.1 Å². The number of hydrogen-bond donors (Lipinski definition) is 3. The van der Waals surface area contributed by atoms with Gasteiger partial charge < -0.3 is 5.73 Å².